The molecular weight excluding hydrogens is 316 g/mol. The first-order chi connectivity index (χ1) is 11.1. The van der Waals surface area contributed by atoms with E-state index in [-0.39, 0.29) is 37.5 Å². The zero-order valence-electron chi connectivity index (χ0n) is 14.4. The quantitative estimate of drug-likeness (QED) is 0.625. The highest BCUT2D eigenvalue weighted by Gasteiger charge is 2.46. The van der Waals surface area contributed by atoms with Crippen LogP contribution in [0.15, 0.2) is 0 Å². The molecule has 24 heavy (non-hydrogen) atoms. The van der Waals surface area contributed by atoms with Crippen molar-refractivity contribution in [1.29, 1.82) is 0 Å². The lowest BCUT2D eigenvalue weighted by atomic mass is 9.85. The molecule has 136 valence electrons. The molecule has 0 aromatic rings. The first-order valence-electron chi connectivity index (χ1n) is 8.01. The van der Waals surface area contributed by atoms with Crippen LogP contribution in [0.5, 0.6) is 0 Å². The standard InChI is InChI=1S/C16H26N2O6/c1-16(7-4-8-18(16)13(20)10-17(2)3)12(19)9-11(15(23)24)5-6-14(21)22/h11H,4-10H2,1-3H3,(H,21,22)(H,23,24). The summed E-state index contributed by atoms with van der Waals surface area (Å²) >= 11 is 0. The SMILES string of the molecule is CN(C)CC(=O)N1CCCC1(C)C(=O)CC(CCC(=O)O)C(=O)O. The van der Waals surface area contributed by atoms with Gasteiger partial charge in [-0.05, 0) is 40.3 Å². The summed E-state index contributed by atoms with van der Waals surface area (Å²) in [4.78, 5) is 50.2. The van der Waals surface area contributed by atoms with Gasteiger partial charge >= 0.3 is 11.9 Å². The first-order valence-corrected chi connectivity index (χ1v) is 8.01. The van der Waals surface area contributed by atoms with Crippen molar-refractivity contribution < 1.29 is 29.4 Å². The number of Topliss-reactive ketones (excluding diaryl/α,β-unsaturated/α-hetero) is 1. The van der Waals surface area contributed by atoms with Crippen LogP contribution in [-0.4, -0.2) is 76.4 Å². The van der Waals surface area contributed by atoms with E-state index in [1.54, 1.807) is 25.9 Å². The Morgan fingerprint density at radius 2 is 1.83 bits per heavy atom. The van der Waals surface area contributed by atoms with Crippen molar-refractivity contribution in [3.05, 3.63) is 0 Å². The molecular formula is C16H26N2O6. The van der Waals surface area contributed by atoms with Crippen LogP contribution >= 0.6 is 0 Å². The zero-order chi connectivity index (χ0) is 18.5. The number of hydrogen-bond acceptors (Lipinski definition) is 5. The smallest absolute Gasteiger partial charge is 0.306 e. The number of carboxylic acids is 2. The Kier molecular flexibility index (Phi) is 6.89. The number of likely N-dealkylation sites (tertiary alicyclic amines) is 1. The van der Waals surface area contributed by atoms with Gasteiger partial charge in [-0.25, -0.2) is 0 Å². The van der Waals surface area contributed by atoms with Gasteiger partial charge in [-0.15, -0.1) is 0 Å². The zero-order valence-corrected chi connectivity index (χ0v) is 14.4. The van der Waals surface area contributed by atoms with Crippen molar-refractivity contribution in [2.45, 2.75) is 44.6 Å². The van der Waals surface area contributed by atoms with Crippen molar-refractivity contribution in [1.82, 2.24) is 9.80 Å². The monoisotopic (exact) mass is 342 g/mol. The molecule has 1 aliphatic rings. The molecule has 1 fully saturated rings. The highest BCUT2D eigenvalue weighted by Crippen LogP contribution is 2.32. The number of carbonyl (C=O) groups is 4. The molecule has 0 saturated carbocycles. The summed E-state index contributed by atoms with van der Waals surface area (Å²) in [5.74, 6) is -3.80. The third-order valence-corrected chi connectivity index (χ3v) is 4.48. The summed E-state index contributed by atoms with van der Waals surface area (Å²) in [5, 5.41) is 17.9. The minimum Gasteiger partial charge on any atom is -0.481 e. The fraction of sp³-hybridized carbons (Fsp3) is 0.750. The van der Waals surface area contributed by atoms with Gasteiger partial charge in [0.05, 0.1) is 18.0 Å². The van der Waals surface area contributed by atoms with Crippen LogP contribution in [0.3, 0.4) is 0 Å². The van der Waals surface area contributed by atoms with E-state index in [9.17, 15) is 24.3 Å². The Bertz CT molecular complexity index is 519. The molecule has 0 radical (unpaired) electrons. The summed E-state index contributed by atoms with van der Waals surface area (Å²) in [6, 6.07) is 0. The number of carbonyl (C=O) groups excluding carboxylic acids is 2. The molecule has 1 rings (SSSR count). The second kappa shape index (κ2) is 8.23. The van der Waals surface area contributed by atoms with Gasteiger partial charge in [0.15, 0.2) is 5.78 Å². The number of ketones is 1. The molecule has 2 unspecified atom stereocenters. The lowest BCUT2D eigenvalue weighted by Crippen LogP contribution is -2.53. The number of carboxylic acid groups (broad SMARTS) is 2. The van der Waals surface area contributed by atoms with E-state index in [0.717, 1.165) is 0 Å². The largest absolute Gasteiger partial charge is 0.481 e. The molecule has 2 atom stereocenters. The van der Waals surface area contributed by atoms with Gasteiger partial charge in [0.1, 0.15) is 0 Å². The third kappa shape index (κ3) is 5.02. The average Bonchev–Trinajstić information content (AvgIpc) is 2.85. The molecule has 8 nitrogen and oxygen atoms in total. The maximum Gasteiger partial charge on any atom is 0.306 e. The summed E-state index contributed by atoms with van der Waals surface area (Å²) in [7, 11) is 3.53. The summed E-state index contributed by atoms with van der Waals surface area (Å²) in [6.45, 7) is 2.33. The molecule has 8 heteroatoms. The lowest BCUT2D eigenvalue weighted by molar-refractivity contribution is -0.148. The van der Waals surface area contributed by atoms with Crippen molar-refractivity contribution in [3.63, 3.8) is 0 Å². The highest BCUT2D eigenvalue weighted by molar-refractivity contribution is 5.95. The predicted octanol–water partition coefficient (Wildman–Crippen LogP) is 0.454. The molecule has 1 aliphatic heterocycles. The summed E-state index contributed by atoms with van der Waals surface area (Å²) in [5.41, 5.74) is -1.01. The van der Waals surface area contributed by atoms with E-state index in [1.165, 1.54) is 4.90 Å². The number of aliphatic carboxylic acids is 2. The molecule has 0 aromatic carbocycles. The Morgan fingerprint density at radius 1 is 1.21 bits per heavy atom. The van der Waals surface area contributed by atoms with Gasteiger partial charge in [-0.1, -0.05) is 0 Å². The molecule has 1 saturated heterocycles. The van der Waals surface area contributed by atoms with Crippen molar-refractivity contribution >= 4 is 23.6 Å². The van der Waals surface area contributed by atoms with Crippen molar-refractivity contribution in [3.8, 4) is 0 Å². The Morgan fingerprint density at radius 3 is 2.33 bits per heavy atom. The van der Waals surface area contributed by atoms with Crippen molar-refractivity contribution in [2.75, 3.05) is 27.2 Å². The van der Waals surface area contributed by atoms with E-state index in [2.05, 4.69) is 0 Å². The van der Waals surface area contributed by atoms with E-state index in [1.807, 2.05) is 0 Å². The van der Waals surface area contributed by atoms with Crippen LogP contribution in [0.2, 0.25) is 0 Å². The number of likely N-dealkylation sites (N-methyl/N-ethyl adjacent to an activating group) is 1. The number of rotatable bonds is 9. The first kappa shape index (κ1) is 20.1. The second-order valence-electron chi connectivity index (χ2n) is 6.76. The highest BCUT2D eigenvalue weighted by atomic mass is 16.4. The fourth-order valence-corrected chi connectivity index (χ4v) is 3.06. The van der Waals surface area contributed by atoms with Gasteiger partial charge in [0, 0.05) is 19.4 Å². The lowest BCUT2D eigenvalue weighted by Gasteiger charge is -2.35. The third-order valence-electron chi connectivity index (χ3n) is 4.48. The summed E-state index contributed by atoms with van der Waals surface area (Å²) < 4.78 is 0. The van der Waals surface area contributed by atoms with Gasteiger partial charge in [0.25, 0.3) is 0 Å². The molecule has 0 spiro atoms. The maximum absolute atomic E-state index is 12.7. The number of amides is 1. The normalized spacial score (nSPS) is 21.8. The van der Waals surface area contributed by atoms with E-state index in [4.69, 9.17) is 5.11 Å². The maximum atomic E-state index is 12.7. The van der Waals surface area contributed by atoms with Crippen LogP contribution < -0.4 is 0 Å². The van der Waals surface area contributed by atoms with Crippen molar-refractivity contribution in [2.24, 2.45) is 5.92 Å². The molecule has 2 N–H and O–H groups in total. The second-order valence-corrected chi connectivity index (χ2v) is 6.76. The van der Waals surface area contributed by atoms with Crippen LogP contribution in [0, 0.1) is 5.92 Å². The minimum absolute atomic E-state index is 0.0991. The Labute approximate surface area is 141 Å². The van der Waals surface area contributed by atoms with Crippen LogP contribution in [0.1, 0.15) is 39.0 Å². The molecule has 0 aromatic heterocycles. The average molecular weight is 342 g/mol. The topological polar surface area (TPSA) is 115 Å². The molecule has 1 amide bonds. The Balaban J connectivity index is 2.83. The van der Waals surface area contributed by atoms with Gasteiger partial charge in [-0.3, -0.25) is 19.2 Å². The van der Waals surface area contributed by atoms with E-state index >= 15 is 0 Å². The van der Waals surface area contributed by atoms with Gasteiger partial charge < -0.3 is 20.0 Å². The number of nitrogens with zero attached hydrogens (tertiary/aromatic N) is 2. The predicted molar refractivity (Wildman–Crippen MR) is 85.5 cm³/mol. The Hall–Kier alpha value is -1.96. The van der Waals surface area contributed by atoms with Gasteiger partial charge in [0.2, 0.25) is 5.91 Å². The van der Waals surface area contributed by atoms with Gasteiger partial charge in [-0.2, -0.15) is 0 Å². The van der Waals surface area contributed by atoms with E-state index in [0.29, 0.717) is 19.4 Å². The van der Waals surface area contributed by atoms with Crippen LogP contribution in [-0.2, 0) is 19.2 Å². The minimum atomic E-state index is -1.18. The fourth-order valence-electron chi connectivity index (χ4n) is 3.06. The molecule has 1 heterocycles. The van der Waals surface area contributed by atoms with E-state index < -0.39 is 23.4 Å². The molecule has 0 bridgehead atoms. The summed E-state index contributed by atoms with van der Waals surface area (Å²) in [6.07, 6.45) is 0.526. The van der Waals surface area contributed by atoms with Crippen LogP contribution in [0.25, 0.3) is 0 Å². The van der Waals surface area contributed by atoms with Crippen LogP contribution in [0.4, 0.5) is 0 Å². The number of hydrogen-bond donors (Lipinski definition) is 2. The molecule has 0 aliphatic carbocycles.